The smallest absolute Gasteiger partial charge is 0.238 e. The summed E-state index contributed by atoms with van der Waals surface area (Å²) in [5.74, 6) is 1.00. The van der Waals surface area contributed by atoms with Crippen LogP contribution in [0.3, 0.4) is 0 Å². The predicted octanol–water partition coefficient (Wildman–Crippen LogP) is 6.47. The molecule has 7 heteroatoms. The number of imidazole rings is 1. The molecule has 2 N–H and O–H groups in total. The van der Waals surface area contributed by atoms with Gasteiger partial charge in [0.05, 0.1) is 16.3 Å². The fraction of sp³-hybridized carbons (Fsp3) is 0.323. The average molecular weight is 531 g/mol. The van der Waals surface area contributed by atoms with E-state index in [-0.39, 0.29) is 4.90 Å². The van der Waals surface area contributed by atoms with Crippen molar-refractivity contribution in [1.82, 2.24) is 14.5 Å². The first-order valence-corrected chi connectivity index (χ1v) is 15.0. The van der Waals surface area contributed by atoms with Gasteiger partial charge < -0.3 is 4.57 Å². The number of hydrogen-bond acceptors (Lipinski definition) is 4. The Balaban J connectivity index is 1.76. The second kappa shape index (κ2) is 13.0. The minimum Gasteiger partial charge on any atom is -0.326 e. The predicted molar refractivity (Wildman–Crippen MR) is 155 cm³/mol. The van der Waals surface area contributed by atoms with Gasteiger partial charge in [-0.2, -0.15) is 0 Å². The van der Waals surface area contributed by atoms with E-state index in [4.69, 9.17) is 10.1 Å². The number of nitrogens with two attached hydrogens (primary N) is 1. The van der Waals surface area contributed by atoms with Crippen LogP contribution in [0.5, 0.6) is 0 Å². The van der Waals surface area contributed by atoms with E-state index in [1.807, 2.05) is 24.3 Å². The van der Waals surface area contributed by atoms with Gasteiger partial charge in [0.2, 0.25) is 10.0 Å². The molecular weight excluding hydrogens is 492 g/mol. The Kier molecular flexibility index (Phi) is 9.50. The number of aromatic nitrogens is 2. The van der Waals surface area contributed by atoms with Crippen molar-refractivity contribution in [3.05, 3.63) is 96.2 Å². The molecule has 38 heavy (non-hydrogen) atoms. The molecule has 4 rings (SSSR count). The van der Waals surface area contributed by atoms with E-state index < -0.39 is 10.0 Å². The van der Waals surface area contributed by atoms with E-state index in [9.17, 15) is 8.42 Å². The third-order valence-corrected chi connectivity index (χ3v) is 7.68. The monoisotopic (exact) mass is 530 g/mol. The summed E-state index contributed by atoms with van der Waals surface area (Å²) in [6.07, 6.45) is 4.34. The number of benzene rings is 3. The van der Waals surface area contributed by atoms with E-state index in [0.717, 1.165) is 73.5 Å². The van der Waals surface area contributed by atoms with Gasteiger partial charge >= 0.3 is 0 Å². The molecule has 0 saturated carbocycles. The fourth-order valence-corrected chi connectivity index (χ4v) is 5.20. The van der Waals surface area contributed by atoms with Crippen molar-refractivity contribution in [3.8, 4) is 22.6 Å². The van der Waals surface area contributed by atoms with Gasteiger partial charge in [0, 0.05) is 30.8 Å². The van der Waals surface area contributed by atoms with Crippen LogP contribution in [-0.4, -0.2) is 29.4 Å². The first kappa shape index (κ1) is 27.8. The second-order valence-electron chi connectivity index (χ2n) is 9.72. The highest BCUT2D eigenvalue weighted by molar-refractivity contribution is 7.89. The van der Waals surface area contributed by atoms with Crippen molar-refractivity contribution in [1.29, 1.82) is 0 Å². The highest BCUT2D eigenvalue weighted by Crippen LogP contribution is 2.31. The Bertz CT molecular complexity index is 1400. The molecule has 6 nitrogen and oxygen atoms in total. The second-order valence-corrected chi connectivity index (χ2v) is 11.3. The van der Waals surface area contributed by atoms with Crippen LogP contribution < -0.4 is 5.14 Å². The Hall–Kier alpha value is -3.26. The van der Waals surface area contributed by atoms with Crippen LogP contribution in [0.2, 0.25) is 0 Å². The van der Waals surface area contributed by atoms with Crippen molar-refractivity contribution in [2.24, 2.45) is 5.14 Å². The largest absolute Gasteiger partial charge is 0.326 e. The highest BCUT2D eigenvalue weighted by Gasteiger charge is 2.22. The molecule has 200 valence electrons. The van der Waals surface area contributed by atoms with Gasteiger partial charge in [0.1, 0.15) is 5.82 Å². The molecule has 0 radical (unpaired) electrons. The average Bonchev–Trinajstić information content (AvgIpc) is 3.29. The summed E-state index contributed by atoms with van der Waals surface area (Å²) in [4.78, 5) is 7.82. The third kappa shape index (κ3) is 6.98. The topological polar surface area (TPSA) is 81.2 Å². The molecule has 0 amide bonds. The molecule has 0 spiro atoms. The number of primary sulfonamides is 1. The highest BCUT2D eigenvalue weighted by atomic mass is 32.2. The van der Waals surface area contributed by atoms with Crippen LogP contribution in [0.4, 0.5) is 0 Å². The molecule has 0 atom stereocenters. The van der Waals surface area contributed by atoms with Crippen molar-refractivity contribution < 1.29 is 8.42 Å². The number of hydrogen-bond donors (Lipinski definition) is 1. The summed E-state index contributed by atoms with van der Waals surface area (Å²) >= 11 is 0. The van der Waals surface area contributed by atoms with Gasteiger partial charge in [-0.3, -0.25) is 4.90 Å². The molecule has 0 fully saturated rings. The van der Waals surface area contributed by atoms with Gasteiger partial charge in [0.15, 0.2) is 0 Å². The summed E-state index contributed by atoms with van der Waals surface area (Å²) in [5, 5.41) is 5.31. The molecular formula is C31H38N4O2S. The molecule has 1 heterocycles. The van der Waals surface area contributed by atoms with Crippen molar-refractivity contribution in [2.45, 2.75) is 64.1 Å². The maximum Gasteiger partial charge on any atom is 0.238 e. The van der Waals surface area contributed by atoms with E-state index in [1.54, 1.807) is 12.1 Å². The normalized spacial score (nSPS) is 11.8. The molecule has 0 saturated heterocycles. The van der Waals surface area contributed by atoms with E-state index in [2.05, 4.69) is 71.8 Å². The van der Waals surface area contributed by atoms with E-state index in [0.29, 0.717) is 6.54 Å². The molecule has 0 bridgehead atoms. The van der Waals surface area contributed by atoms with Gasteiger partial charge in [-0.15, -0.1) is 0 Å². The van der Waals surface area contributed by atoms with Gasteiger partial charge in [-0.1, -0.05) is 99.5 Å². The van der Waals surface area contributed by atoms with Crippen LogP contribution >= 0.6 is 0 Å². The van der Waals surface area contributed by atoms with Crippen LogP contribution in [0, 0.1) is 0 Å². The summed E-state index contributed by atoms with van der Waals surface area (Å²) in [7, 11) is -3.71. The number of unbranched alkanes of at least 4 members (excludes halogenated alkanes) is 2. The van der Waals surface area contributed by atoms with Gasteiger partial charge in [-0.25, -0.2) is 18.5 Å². The summed E-state index contributed by atoms with van der Waals surface area (Å²) in [5.41, 5.74) is 5.51. The first-order valence-electron chi connectivity index (χ1n) is 13.4. The van der Waals surface area contributed by atoms with Crippen molar-refractivity contribution >= 4 is 10.0 Å². The quantitative estimate of drug-likeness (QED) is 0.215. The fourth-order valence-electron chi connectivity index (χ4n) is 4.69. The number of sulfonamides is 1. The van der Waals surface area contributed by atoms with Crippen LogP contribution in [0.1, 0.15) is 50.8 Å². The Labute approximate surface area is 227 Å². The SMILES string of the molecule is CCCCN(Cc1ccc(S(N)(=O)=O)cc1)Cc1c(-c2ccccc2)nc(-c2ccccc2)n1CCCC. The van der Waals surface area contributed by atoms with Crippen molar-refractivity contribution in [2.75, 3.05) is 6.54 Å². The summed E-state index contributed by atoms with van der Waals surface area (Å²) < 4.78 is 25.9. The molecule has 0 unspecified atom stereocenters. The molecule has 1 aromatic heterocycles. The zero-order chi connectivity index (χ0) is 27.0. The molecule has 4 aromatic rings. The maximum absolute atomic E-state index is 11.7. The van der Waals surface area contributed by atoms with E-state index in [1.165, 1.54) is 5.69 Å². The molecule has 0 aliphatic carbocycles. The maximum atomic E-state index is 11.7. The number of rotatable bonds is 13. The lowest BCUT2D eigenvalue weighted by Crippen LogP contribution is -2.26. The zero-order valence-corrected chi connectivity index (χ0v) is 23.2. The third-order valence-electron chi connectivity index (χ3n) is 6.75. The minimum atomic E-state index is -3.71. The van der Waals surface area contributed by atoms with Gasteiger partial charge in [-0.05, 0) is 37.1 Å². The zero-order valence-electron chi connectivity index (χ0n) is 22.4. The number of nitrogens with zero attached hydrogens (tertiary/aromatic N) is 3. The first-order chi connectivity index (χ1) is 18.4. The Morgan fingerprint density at radius 2 is 1.39 bits per heavy atom. The molecule has 0 aliphatic rings. The van der Waals surface area contributed by atoms with Gasteiger partial charge in [0.25, 0.3) is 0 Å². The summed E-state index contributed by atoms with van der Waals surface area (Å²) in [6.45, 7) is 7.70. The van der Waals surface area contributed by atoms with Crippen molar-refractivity contribution in [3.63, 3.8) is 0 Å². The molecule has 0 aliphatic heterocycles. The Morgan fingerprint density at radius 3 is 1.97 bits per heavy atom. The van der Waals surface area contributed by atoms with Crippen LogP contribution in [-0.2, 0) is 29.7 Å². The summed E-state index contributed by atoms with van der Waals surface area (Å²) in [6, 6.07) is 27.8. The molecule has 3 aromatic carbocycles. The van der Waals surface area contributed by atoms with Crippen LogP contribution in [0.25, 0.3) is 22.6 Å². The lowest BCUT2D eigenvalue weighted by atomic mass is 10.1. The van der Waals surface area contributed by atoms with Crippen LogP contribution in [0.15, 0.2) is 89.8 Å². The lowest BCUT2D eigenvalue weighted by Gasteiger charge is -2.24. The Morgan fingerprint density at radius 1 is 0.789 bits per heavy atom. The minimum absolute atomic E-state index is 0.137. The standard InChI is InChI=1S/C31H38N4O2S/c1-3-5-21-34(23-25-17-19-28(20-18-25)38(32,36)37)24-29-30(26-13-9-7-10-14-26)33-31(35(29)22-6-4-2)27-15-11-8-12-16-27/h7-20H,3-6,21-24H2,1-2H3,(H2,32,36,37). The van der Waals surface area contributed by atoms with E-state index >= 15 is 0 Å². The lowest BCUT2D eigenvalue weighted by molar-refractivity contribution is 0.246.